The number of hydrogen-bond donors (Lipinski definition) is 0. The van der Waals surface area contributed by atoms with Crippen LogP contribution in [0.3, 0.4) is 0 Å². The van der Waals surface area contributed by atoms with Gasteiger partial charge in [0.25, 0.3) is 5.78 Å². The molecular weight excluding hydrogens is 196 g/mol. The summed E-state index contributed by atoms with van der Waals surface area (Å²) in [6, 6.07) is 4.87. The summed E-state index contributed by atoms with van der Waals surface area (Å²) in [7, 11) is 2.72. The van der Waals surface area contributed by atoms with Gasteiger partial charge in [-0.05, 0) is 30.7 Å². The number of ketones is 1. The summed E-state index contributed by atoms with van der Waals surface area (Å²) in [5.74, 6) is -0.852. The zero-order valence-electron chi connectivity index (χ0n) is 8.87. The fourth-order valence-corrected chi connectivity index (χ4v) is 1.22. The minimum Gasteiger partial charge on any atom is -0.497 e. The maximum atomic E-state index is 11.5. The van der Waals surface area contributed by atoms with Crippen LogP contribution in [0.2, 0.25) is 0 Å². The highest BCUT2D eigenvalue weighted by Crippen LogP contribution is 2.17. The maximum Gasteiger partial charge on any atom is 0.379 e. The first kappa shape index (κ1) is 11.2. The van der Waals surface area contributed by atoms with Crippen LogP contribution in [0.25, 0.3) is 0 Å². The van der Waals surface area contributed by atoms with Crippen LogP contribution in [-0.2, 0) is 9.53 Å². The fraction of sp³-hybridized carbons (Fsp3) is 0.273. The molecule has 1 rings (SSSR count). The number of rotatable bonds is 3. The maximum absolute atomic E-state index is 11.5. The first-order chi connectivity index (χ1) is 7.10. The number of methoxy groups -OCH3 is 2. The van der Waals surface area contributed by atoms with E-state index >= 15 is 0 Å². The lowest BCUT2D eigenvalue weighted by atomic mass is 10.0. The van der Waals surface area contributed by atoms with Crippen LogP contribution >= 0.6 is 0 Å². The topological polar surface area (TPSA) is 52.6 Å². The van der Waals surface area contributed by atoms with Crippen molar-refractivity contribution in [3.8, 4) is 5.75 Å². The van der Waals surface area contributed by atoms with E-state index in [0.29, 0.717) is 16.9 Å². The number of esters is 1. The molecule has 0 fully saturated rings. The quantitative estimate of drug-likeness (QED) is 0.427. The molecule has 0 radical (unpaired) electrons. The Morgan fingerprint density at radius 2 is 1.87 bits per heavy atom. The van der Waals surface area contributed by atoms with Gasteiger partial charge in [-0.2, -0.15) is 0 Å². The Morgan fingerprint density at radius 1 is 1.20 bits per heavy atom. The highest BCUT2D eigenvalue weighted by atomic mass is 16.5. The lowest BCUT2D eigenvalue weighted by Crippen LogP contribution is -2.16. The third kappa shape index (κ3) is 2.34. The van der Waals surface area contributed by atoms with Crippen molar-refractivity contribution >= 4 is 11.8 Å². The Balaban J connectivity index is 3.06. The molecule has 15 heavy (non-hydrogen) atoms. The van der Waals surface area contributed by atoms with Crippen molar-refractivity contribution in [1.82, 2.24) is 0 Å². The largest absolute Gasteiger partial charge is 0.497 e. The standard InChI is InChI=1S/C11H12O4/c1-7-6-8(14-2)4-5-9(7)10(12)11(13)15-3/h4-6H,1-3H3. The van der Waals surface area contributed by atoms with Crippen LogP contribution in [0.4, 0.5) is 0 Å². The van der Waals surface area contributed by atoms with E-state index in [2.05, 4.69) is 4.74 Å². The predicted octanol–water partition coefficient (Wildman–Crippen LogP) is 1.36. The van der Waals surface area contributed by atoms with Gasteiger partial charge in [0.05, 0.1) is 14.2 Å². The van der Waals surface area contributed by atoms with Crippen LogP contribution < -0.4 is 4.74 Å². The van der Waals surface area contributed by atoms with E-state index in [1.807, 2.05) is 0 Å². The molecule has 1 aromatic carbocycles. The minimum absolute atomic E-state index is 0.336. The summed E-state index contributed by atoms with van der Waals surface area (Å²) in [6.07, 6.45) is 0. The highest BCUT2D eigenvalue weighted by molar-refractivity contribution is 6.40. The van der Waals surface area contributed by atoms with Crippen LogP contribution in [0.5, 0.6) is 5.75 Å². The second-order valence-electron chi connectivity index (χ2n) is 3.00. The summed E-state index contributed by atoms with van der Waals surface area (Å²) >= 11 is 0. The molecule has 0 N–H and O–H groups in total. The summed E-state index contributed by atoms with van der Waals surface area (Å²) in [5, 5.41) is 0. The molecule has 0 saturated heterocycles. The molecule has 0 aliphatic carbocycles. The van der Waals surface area contributed by atoms with Crippen molar-refractivity contribution in [3.63, 3.8) is 0 Å². The zero-order chi connectivity index (χ0) is 11.4. The smallest absolute Gasteiger partial charge is 0.379 e. The van der Waals surface area contributed by atoms with Gasteiger partial charge in [0.15, 0.2) is 0 Å². The molecule has 0 atom stereocenters. The monoisotopic (exact) mass is 208 g/mol. The summed E-state index contributed by atoms with van der Waals surface area (Å²) in [6.45, 7) is 1.73. The Bertz CT molecular complexity index is 396. The SMILES string of the molecule is COC(=O)C(=O)c1ccc(OC)cc1C. The van der Waals surface area contributed by atoms with E-state index < -0.39 is 11.8 Å². The lowest BCUT2D eigenvalue weighted by Gasteiger charge is -2.05. The van der Waals surface area contributed by atoms with Crippen molar-refractivity contribution in [1.29, 1.82) is 0 Å². The predicted molar refractivity (Wildman–Crippen MR) is 54.1 cm³/mol. The number of carbonyl (C=O) groups excluding carboxylic acids is 2. The van der Waals surface area contributed by atoms with Gasteiger partial charge in [-0.1, -0.05) is 0 Å². The molecule has 0 aliphatic rings. The van der Waals surface area contributed by atoms with Gasteiger partial charge in [0, 0.05) is 5.56 Å². The minimum atomic E-state index is -0.858. The van der Waals surface area contributed by atoms with Gasteiger partial charge in [0.1, 0.15) is 5.75 Å². The molecule has 80 valence electrons. The van der Waals surface area contributed by atoms with Gasteiger partial charge in [-0.3, -0.25) is 4.79 Å². The van der Waals surface area contributed by atoms with Crippen molar-refractivity contribution in [3.05, 3.63) is 29.3 Å². The molecule has 0 amide bonds. The van der Waals surface area contributed by atoms with Crippen LogP contribution in [0, 0.1) is 6.92 Å². The van der Waals surface area contributed by atoms with E-state index in [4.69, 9.17) is 4.74 Å². The molecule has 0 aromatic heterocycles. The molecule has 0 unspecified atom stereocenters. The summed E-state index contributed by atoms with van der Waals surface area (Å²) in [5.41, 5.74) is 1.02. The van der Waals surface area contributed by atoms with Crippen LogP contribution in [0.1, 0.15) is 15.9 Å². The number of carbonyl (C=O) groups is 2. The first-order valence-electron chi connectivity index (χ1n) is 4.37. The summed E-state index contributed by atoms with van der Waals surface area (Å²) < 4.78 is 9.35. The Morgan fingerprint density at radius 3 is 2.33 bits per heavy atom. The average Bonchev–Trinajstić information content (AvgIpc) is 2.26. The second-order valence-corrected chi connectivity index (χ2v) is 3.00. The van der Waals surface area contributed by atoms with E-state index in [-0.39, 0.29) is 0 Å². The molecule has 0 saturated carbocycles. The number of aryl methyl sites for hydroxylation is 1. The molecule has 0 heterocycles. The van der Waals surface area contributed by atoms with Crippen LogP contribution in [0.15, 0.2) is 18.2 Å². The van der Waals surface area contributed by atoms with Gasteiger partial charge >= 0.3 is 5.97 Å². The van der Waals surface area contributed by atoms with Gasteiger partial charge in [0.2, 0.25) is 0 Å². The molecule has 0 bridgehead atoms. The van der Waals surface area contributed by atoms with Gasteiger partial charge < -0.3 is 9.47 Å². The molecule has 1 aromatic rings. The average molecular weight is 208 g/mol. The molecular formula is C11H12O4. The number of benzene rings is 1. The second kappa shape index (κ2) is 4.59. The van der Waals surface area contributed by atoms with Crippen molar-refractivity contribution < 1.29 is 19.1 Å². The van der Waals surface area contributed by atoms with Crippen molar-refractivity contribution in [2.24, 2.45) is 0 Å². The van der Waals surface area contributed by atoms with E-state index in [1.54, 1.807) is 25.1 Å². The third-order valence-corrected chi connectivity index (χ3v) is 2.05. The molecule has 4 nitrogen and oxygen atoms in total. The molecule has 0 aliphatic heterocycles. The normalized spacial score (nSPS) is 9.53. The van der Waals surface area contributed by atoms with Gasteiger partial charge in [-0.25, -0.2) is 4.79 Å². The highest BCUT2D eigenvalue weighted by Gasteiger charge is 2.18. The summed E-state index contributed by atoms with van der Waals surface area (Å²) in [4.78, 5) is 22.5. The van der Waals surface area contributed by atoms with Crippen LogP contribution in [-0.4, -0.2) is 26.0 Å². The Kier molecular flexibility index (Phi) is 3.44. The third-order valence-electron chi connectivity index (χ3n) is 2.05. The van der Waals surface area contributed by atoms with E-state index in [9.17, 15) is 9.59 Å². The Hall–Kier alpha value is -1.84. The number of ether oxygens (including phenoxy) is 2. The van der Waals surface area contributed by atoms with E-state index in [1.165, 1.54) is 14.2 Å². The van der Waals surface area contributed by atoms with Crippen molar-refractivity contribution in [2.45, 2.75) is 6.92 Å². The molecule has 0 spiro atoms. The van der Waals surface area contributed by atoms with Crippen molar-refractivity contribution in [2.75, 3.05) is 14.2 Å². The Labute approximate surface area is 87.8 Å². The number of Topliss-reactive ketones (excluding diaryl/α,β-unsaturated/α-hetero) is 1. The van der Waals surface area contributed by atoms with E-state index in [0.717, 1.165) is 0 Å². The number of hydrogen-bond acceptors (Lipinski definition) is 4. The fourth-order valence-electron chi connectivity index (χ4n) is 1.22. The first-order valence-corrected chi connectivity index (χ1v) is 4.37. The molecule has 4 heteroatoms. The lowest BCUT2D eigenvalue weighted by molar-refractivity contribution is -0.135. The zero-order valence-corrected chi connectivity index (χ0v) is 8.87. The van der Waals surface area contributed by atoms with Gasteiger partial charge in [-0.15, -0.1) is 0 Å².